The van der Waals surface area contributed by atoms with Gasteiger partial charge in [0.15, 0.2) is 0 Å². The van der Waals surface area contributed by atoms with Crippen molar-refractivity contribution in [3.8, 4) is 11.6 Å². The van der Waals surface area contributed by atoms with E-state index < -0.39 is 29.7 Å². The van der Waals surface area contributed by atoms with Crippen molar-refractivity contribution in [2.24, 2.45) is 11.8 Å². The van der Waals surface area contributed by atoms with E-state index in [-0.39, 0.29) is 23.1 Å². The number of halogens is 3. The van der Waals surface area contributed by atoms with Crippen molar-refractivity contribution in [1.29, 1.82) is 0 Å². The molecule has 3 aliphatic rings. The molecule has 1 aromatic heterocycles. The third kappa shape index (κ3) is 5.22. The summed E-state index contributed by atoms with van der Waals surface area (Å²) in [5.41, 5.74) is 1.02. The molecule has 1 aliphatic carbocycles. The summed E-state index contributed by atoms with van der Waals surface area (Å²) >= 11 is 0. The number of hydrogen-bond acceptors (Lipinski definition) is 5. The van der Waals surface area contributed by atoms with Crippen molar-refractivity contribution < 1.29 is 32.5 Å². The summed E-state index contributed by atoms with van der Waals surface area (Å²) in [6.45, 7) is 4.73. The lowest BCUT2D eigenvalue weighted by molar-refractivity contribution is -0.142. The molecule has 2 fully saturated rings. The highest BCUT2D eigenvalue weighted by molar-refractivity contribution is 5.71. The molecule has 0 radical (unpaired) electrons. The Labute approximate surface area is 221 Å². The molecular weight excluding hydrogens is 497 g/mol. The molecule has 6 nitrogen and oxygen atoms in total. The van der Waals surface area contributed by atoms with Crippen molar-refractivity contribution in [2.45, 2.75) is 76.1 Å². The Bertz CT molecular complexity index is 1190. The van der Waals surface area contributed by atoms with Crippen molar-refractivity contribution in [1.82, 2.24) is 9.88 Å². The van der Waals surface area contributed by atoms with Crippen molar-refractivity contribution in [3.05, 3.63) is 52.7 Å². The zero-order valence-electron chi connectivity index (χ0n) is 22.1. The van der Waals surface area contributed by atoms with Crippen molar-refractivity contribution in [3.63, 3.8) is 0 Å². The minimum absolute atomic E-state index is 0.0222. The number of likely N-dealkylation sites (tertiary alicyclic amines) is 1. The van der Waals surface area contributed by atoms with Gasteiger partial charge >= 0.3 is 12.1 Å². The average Bonchev–Trinajstić information content (AvgIpc) is 3.73. The minimum atomic E-state index is -4.50. The molecule has 1 aromatic carbocycles. The van der Waals surface area contributed by atoms with Gasteiger partial charge in [0.25, 0.3) is 0 Å². The molecule has 1 N–H and O–H groups in total. The number of pyridine rings is 1. The van der Waals surface area contributed by atoms with Crippen LogP contribution in [0.3, 0.4) is 0 Å². The molecule has 206 valence electrons. The van der Waals surface area contributed by atoms with Crippen LogP contribution in [0.25, 0.3) is 0 Å². The number of rotatable bonds is 7. The molecule has 0 amide bonds. The summed E-state index contributed by atoms with van der Waals surface area (Å²) in [5, 5.41) is 9.66. The topological polar surface area (TPSA) is 71.9 Å². The number of aromatic nitrogens is 1. The SMILES string of the molecule is COc1ccc(C(F)(F)F)c(C(C)N2CCC3(CCc4ccc(C(C5CC5)C(C)C(=O)O)cc4O3)CC2)n1. The number of alkyl halides is 3. The predicted molar refractivity (Wildman–Crippen MR) is 135 cm³/mol. The molecule has 3 heterocycles. The Kier molecular flexibility index (Phi) is 7.09. The van der Waals surface area contributed by atoms with E-state index in [9.17, 15) is 23.1 Å². The van der Waals surface area contributed by atoms with Gasteiger partial charge in [-0.05, 0) is 80.5 Å². The Balaban J connectivity index is 1.32. The zero-order valence-corrected chi connectivity index (χ0v) is 22.1. The number of hydrogen-bond donors (Lipinski definition) is 1. The van der Waals surface area contributed by atoms with Crippen LogP contribution >= 0.6 is 0 Å². The normalized spacial score (nSPS) is 21.7. The largest absolute Gasteiger partial charge is 0.487 e. The number of carboxylic acids is 1. The average molecular weight is 533 g/mol. The van der Waals surface area contributed by atoms with Crippen LogP contribution in [0.5, 0.6) is 11.6 Å². The van der Waals surface area contributed by atoms with E-state index in [1.165, 1.54) is 13.2 Å². The number of aliphatic carboxylic acids is 1. The Morgan fingerprint density at radius 2 is 1.87 bits per heavy atom. The van der Waals surface area contributed by atoms with E-state index in [1.807, 2.05) is 11.0 Å². The van der Waals surface area contributed by atoms with E-state index in [0.29, 0.717) is 31.8 Å². The van der Waals surface area contributed by atoms with Gasteiger partial charge in [-0.15, -0.1) is 0 Å². The summed E-state index contributed by atoms with van der Waals surface area (Å²) in [6.07, 6.45) is 0.721. The second-order valence-electron chi connectivity index (χ2n) is 11.1. The summed E-state index contributed by atoms with van der Waals surface area (Å²) < 4.78 is 52.9. The van der Waals surface area contributed by atoms with Gasteiger partial charge in [-0.25, -0.2) is 4.98 Å². The zero-order chi connectivity index (χ0) is 27.2. The van der Waals surface area contributed by atoms with E-state index in [0.717, 1.165) is 48.6 Å². The maximum atomic E-state index is 13.7. The fourth-order valence-electron chi connectivity index (χ4n) is 6.28. The van der Waals surface area contributed by atoms with Crippen LogP contribution in [0, 0.1) is 11.8 Å². The summed E-state index contributed by atoms with van der Waals surface area (Å²) in [7, 11) is 1.40. The third-order valence-corrected chi connectivity index (χ3v) is 8.78. The fourth-order valence-corrected chi connectivity index (χ4v) is 6.28. The molecule has 1 saturated heterocycles. The number of carboxylic acid groups (broad SMARTS) is 1. The summed E-state index contributed by atoms with van der Waals surface area (Å²) in [4.78, 5) is 18.0. The number of piperidine rings is 1. The van der Waals surface area contributed by atoms with Gasteiger partial charge in [0.05, 0.1) is 24.3 Å². The van der Waals surface area contributed by atoms with Crippen LogP contribution in [0.1, 0.15) is 80.3 Å². The van der Waals surface area contributed by atoms with Crippen molar-refractivity contribution in [2.75, 3.05) is 20.2 Å². The highest BCUT2D eigenvalue weighted by Gasteiger charge is 2.44. The van der Waals surface area contributed by atoms with Crippen LogP contribution in [0.15, 0.2) is 30.3 Å². The lowest BCUT2D eigenvalue weighted by Crippen LogP contribution is -2.50. The molecule has 0 bridgehead atoms. The highest BCUT2D eigenvalue weighted by Crippen LogP contribution is 2.49. The number of benzene rings is 1. The second kappa shape index (κ2) is 10.1. The standard InChI is InChI=1S/C29H35F3N2O4/c1-17(27(35)36)25(20-5-6-20)21-7-4-19-10-11-28(38-23(19)16-21)12-14-34(15-13-28)18(2)26-22(29(30,31)32)8-9-24(33-26)37-3/h4,7-9,16-18,20,25H,5-6,10-15H2,1-3H3,(H,35,36). The smallest absolute Gasteiger partial charge is 0.418 e. The van der Waals surface area contributed by atoms with Gasteiger partial charge in [-0.3, -0.25) is 9.69 Å². The Morgan fingerprint density at radius 3 is 2.47 bits per heavy atom. The maximum absolute atomic E-state index is 13.7. The Hall–Kier alpha value is -2.81. The maximum Gasteiger partial charge on any atom is 0.418 e. The quantitative estimate of drug-likeness (QED) is 0.455. The minimum Gasteiger partial charge on any atom is -0.487 e. The number of aryl methyl sites for hydroxylation is 1. The molecule has 3 unspecified atom stereocenters. The van der Waals surface area contributed by atoms with E-state index in [4.69, 9.17) is 9.47 Å². The molecule has 1 spiro atoms. The number of ether oxygens (including phenoxy) is 2. The van der Waals surface area contributed by atoms with Gasteiger partial charge in [0, 0.05) is 25.2 Å². The van der Waals surface area contributed by atoms with E-state index in [1.54, 1.807) is 13.8 Å². The lowest BCUT2D eigenvalue weighted by atomic mass is 9.80. The first-order valence-corrected chi connectivity index (χ1v) is 13.4. The number of nitrogens with zero attached hydrogens (tertiary/aromatic N) is 2. The second-order valence-corrected chi connectivity index (χ2v) is 11.1. The molecule has 3 atom stereocenters. The van der Waals surface area contributed by atoms with Crippen LogP contribution in [0.2, 0.25) is 0 Å². The van der Waals surface area contributed by atoms with Gasteiger partial charge in [0.1, 0.15) is 11.4 Å². The first-order chi connectivity index (χ1) is 18.0. The molecule has 1 saturated carbocycles. The molecule has 9 heteroatoms. The molecule has 2 aliphatic heterocycles. The van der Waals surface area contributed by atoms with E-state index in [2.05, 4.69) is 17.1 Å². The first-order valence-electron chi connectivity index (χ1n) is 13.4. The number of methoxy groups -OCH3 is 1. The lowest BCUT2D eigenvalue weighted by Gasteiger charge is -2.46. The van der Waals surface area contributed by atoms with Crippen LogP contribution in [-0.2, 0) is 17.4 Å². The molecule has 2 aromatic rings. The molecule has 38 heavy (non-hydrogen) atoms. The van der Waals surface area contributed by atoms with Gasteiger partial charge in [0.2, 0.25) is 5.88 Å². The fraction of sp³-hybridized carbons (Fsp3) is 0.586. The molecule has 5 rings (SSSR count). The van der Waals surface area contributed by atoms with Gasteiger partial charge in [-0.1, -0.05) is 19.1 Å². The van der Waals surface area contributed by atoms with Crippen molar-refractivity contribution >= 4 is 5.97 Å². The van der Waals surface area contributed by atoms with E-state index >= 15 is 0 Å². The monoisotopic (exact) mass is 532 g/mol. The number of carbonyl (C=O) groups is 1. The van der Waals surface area contributed by atoms with Gasteiger partial charge < -0.3 is 14.6 Å². The third-order valence-electron chi connectivity index (χ3n) is 8.78. The predicted octanol–water partition coefficient (Wildman–Crippen LogP) is 6.24. The van der Waals surface area contributed by atoms with Crippen LogP contribution in [0.4, 0.5) is 13.2 Å². The molecular formula is C29H35F3N2O4. The van der Waals surface area contributed by atoms with Crippen LogP contribution < -0.4 is 9.47 Å². The van der Waals surface area contributed by atoms with Gasteiger partial charge in [-0.2, -0.15) is 13.2 Å². The van der Waals surface area contributed by atoms with Crippen LogP contribution in [-0.4, -0.2) is 46.8 Å². The summed E-state index contributed by atoms with van der Waals surface area (Å²) in [6, 6.07) is 7.94. The summed E-state index contributed by atoms with van der Waals surface area (Å²) in [5.74, 6) is 0.117. The Morgan fingerprint density at radius 1 is 1.16 bits per heavy atom. The highest BCUT2D eigenvalue weighted by atomic mass is 19.4. The number of fused-ring (bicyclic) bond motifs is 1. The first kappa shape index (κ1) is 26.8.